The Bertz CT molecular complexity index is 168. The normalized spacial score (nSPS) is 11.8. The number of halogens is 2. The molecule has 0 amide bonds. The molecule has 0 unspecified atom stereocenters. The second-order valence-corrected chi connectivity index (χ2v) is 1.70. The molecule has 0 saturated carbocycles. The highest BCUT2D eigenvalue weighted by Gasteiger charge is 2.08. The molecule has 3 nitrogen and oxygen atoms in total. The summed E-state index contributed by atoms with van der Waals surface area (Å²) in [6.07, 6.45) is -2.23. The highest BCUT2D eigenvalue weighted by atomic mass is 19.3. The van der Waals surface area contributed by atoms with Gasteiger partial charge in [-0.1, -0.05) is 0 Å². The maximum Gasteiger partial charge on any atom is 0.332 e. The molecule has 0 spiro atoms. The number of carbonyl (C=O) groups excluding carboxylic acids is 1. The third-order valence-corrected chi connectivity index (χ3v) is 0.823. The maximum atomic E-state index is 11.6. The van der Waals surface area contributed by atoms with Crippen molar-refractivity contribution in [2.75, 3.05) is 6.61 Å². The van der Waals surface area contributed by atoms with Crippen molar-refractivity contribution in [3.8, 4) is 0 Å². The van der Waals surface area contributed by atoms with E-state index >= 15 is 0 Å². The second kappa shape index (κ2) is 4.65. The molecule has 0 aromatic heterocycles. The molecule has 0 aliphatic heterocycles. The third-order valence-electron chi connectivity index (χ3n) is 0.823. The minimum Gasteiger partial charge on any atom is -0.463 e. The van der Waals surface area contributed by atoms with Gasteiger partial charge in [0.2, 0.25) is 0 Å². The first-order valence-electron chi connectivity index (χ1n) is 3.00. The number of alkyl halides is 2. The van der Waals surface area contributed by atoms with Gasteiger partial charge in [0.25, 0.3) is 6.43 Å². The van der Waals surface area contributed by atoms with E-state index in [1.807, 2.05) is 0 Å². The maximum absolute atomic E-state index is 11.6. The first kappa shape index (κ1) is 9.87. The predicted molar refractivity (Wildman–Crippen MR) is 34.9 cm³/mol. The molecule has 0 aromatic rings. The van der Waals surface area contributed by atoms with E-state index in [9.17, 15) is 13.6 Å². The molecule has 64 valence electrons. The van der Waals surface area contributed by atoms with E-state index in [1.54, 1.807) is 6.92 Å². The van der Waals surface area contributed by atoms with Gasteiger partial charge in [0, 0.05) is 6.08 Å². The molecule has 0 saturated heterocycles. The van der Waals surface area contributed by atoms with E-state index in [4.69, 9.17) is 5.73 Å². The van der Waals surface area contributed by atoms with Crippen LogP contribution in [0.5, 0.6) is 0 Å². The van der Waals surface area contributed by atoms with Crippen LogP contribution in [0.3, 0.4) is 0 Å². The number of rotatable bonds is 3. The lowest BCUT2D eigenvalue weighted by molar-refractivity contribution is -0.137. The van der Waals surface area contributed by atoms with Crippen LogP contribution in [0.2, 0.25) is 0 Å². The molecular weight excluding hydrogens is 156 g/mol. The van der Waals surface area contributed by atoms with Crippen LogP contribution in [0.1, 0.15) is 6.92 Å². The zero-order valence-corrected chi connectivity index (χ0v) is 6.01. The van der Waals surface area contributed by atoms with Crippen molar-refractivity contribution in [1.82, 2.24) is 0 Å². The summed E-state index contributed by atoms with van der Waals surface area (Å²) in [6, 6.07) is 0. The minimum absolute atomic E-state index is 0.145. The van der Waals surface area contributed by atoms with Crippen molar-refractivity contribution in [2.45, 2.75) is 13.3 Å². The van der Waals surface area contributed by atoms with Crippen molar-refractivity contribution < 1.29 is 18.3 Å². The first-order chi connectivity index (χ1) is 5.07. The van der Waals surface area contributed by atoms with E-state index in [0.29, 0.717) is 6.08 Å². The van der Waals surface area contributed by atoms with Crippen molar-refractivity contribution in [3.63, 3.8) is 0 Å². The summed E-state index contributed by atoms with van der Waals surface area (Å²) in [6.45, 7) is 1.72. The topological polar surface area (TPSA) is 52.3 Å². The summed E-state index contributed by atoms with van der Waals surface area (Å²) in [4.78, 5) is 10.4. The van der Waals surface area contributed by atoms with E-state index in [0.717, 1.165) is 0 Å². The fraction of sp³-hybridized carbons (Fsp3) is 0.500. The quantitative estimate of drug-likeness (QED) is 0.493. The molecule has 0 aromatic carbocycles. The fourth-order valence-electron chi connectivity index (χ4n) is 0.383. The Balaban J connectivity index is 3.97. The zero-order chi connectivity index (χ0) is 8.85. The van der Waals surface area contributed by atoms with Gasteiger partial charge < -0.3 is 10.5 Å². The highest BCUT2D eigenvalue weighted by molar-refractivity contribution is 5.82. The second-order valence-electron chi connectivity index (χ2n) is 1.70. The molecule has 0 fully saturated rings. The summed E-state index contributed by atoms with van der Waals surface area (Å²) >= 11 is 0. The number of ether oxygens (including phenoxy) is 1. The van der Waals surface area contributed by atoms with Crippen molar-refractivity contribution in [2.24, 2.45) is 5.73 Å². The average molecular weight is 165 g/mol. The van der Waals surface area contributed by atoms with Crippen LogP contribution in [-0.4, -0.2) is 19.0 Å². The third kappa shape index (κ3) is 4.30. The monoisotopic (exact) mass is 165 g/mol. The van der Waals surface area contributed by atoms with Crippen LogP contribution in [-0.2, 0) is 9.53 Å². The lowest BCUT2D eigenvalue weighted by atomic mass is 10.4. The highest BCUT2D eigenvalue weighted by Crippen LogP contribution is 2.01. The van der Waals surface area contributed by atoms with Gasteiger partial charge >= 0.3 is 5.97 Å². The minimum atomic E-state index is -2.81. The van der Waals surface area contributed by atoms with E-state index < -0.39 is 18.1 Å². The molecule has 0 aliphatic carbocycles. The molecule has 0 atom stereocenters. The number of hydrogen-bond acceptors (Lipinski definition) is 3. The van der Waals surface area contributed by atoms with Gasteiger partial charge in [-0.2, -0.15) is 0 Å². The Morgan fingerprint density at radius 1 is 1.73 bits per heavy atom. The molecule has 0 bridgehead atoms. The Morgan fingerprint density at radius 3 is 2.64 bits per heavy atom. The predicted octanol–water partition coefficient (Wildman–Crippen LogP) is 0.657. The lowest BCUT2D eigenvalue weighted by Crippen LogP contribution is -2.11. The standard InChI is InChI=1S/C6H9F2NO2/c1-2-11-5(10)3-4(9)6(7)8/h3,6H,2,9H2,1H3. The van der Waals surface area contributed by atoms with Crippen LogP contribution >= 0.6 is 0 Å². The van der Waals surface area contributed by atoms with Crippen LogP contribution in [0, 0.1) is 0 Å². The Labute approximate surface area is 62.8 Å². The van der Waals surface area contributed by atoms with Gasteiger partial charge in [-0.3, -0.25) is 0 Å². The van der Waals surface area contributed by atoms with E-state index in [-0.39, 0.29) is 6.61 Å². The summed E-state index contributed by atoms with van der Waals surface area (Å²) < 4.78 is 27.6. The summed E-state index contributed by atoms with van der Waals surface area (Å²) in [5.74, 6) is -0.842. The first-order valence-corrected chi connectivity index (χ1v) is 3.00. The molecule has 5 heteroatoms. The average Bonchev–Trinajstić information content (AvgIpc) is 1.87. The molecule has 0 heterocycles. The smallest absolute Gasteiger partial charge is 0.332 e. The fourth-order valence-corrected chi connectivity index (χ4v) is 0.383. The van der Waals surface area contributed by atoms with Crippen LogP contribution in [0.4, 0.5) is 8.78 Å². The Hall–Kier alpha value is -1.13. The Morgan fingerprint density at radius 2 is 2.27 bits per heavy atom. The number of esters is 1. The molecule has 11 heavy (non-hydrogen) atoms. The number of nitrogens with two attached hydrogens (primary N) is 1. The van der Waals surface area contributed by atoms with Crippen molar-refractivity contribution in [1.29, 1.82) is 0 Å². The van der Waals surface area contributed by atoms with Crippen molar-refractivity contribution >= 4 is 5.97 Å². The largest absolute Gasteiger partial charge is 0.463 e. The van der Waals surface area contributed by atoms with Gasteiger partial charge in [-0.25, -0.2) is 13.6 Å². The van der Waals surface area contributed by atoms with Crippen molar-refractivity contribution in [3.05, 3.63) is 11.8 Å². The Kier molecular flexibility index (Phi) is 4.17. The van der Waals surface area contributed by atoms with Crippen LogP contribution in [0.15, 0.2) is 11.8 Å². The van der Waals surface area contributed by atoms with E-state index in [1.165, 1.54) is 0 Å². The molecule has 0 aliphatic rings. The summed E-state index contributed by atoms with van der Waals surface area (Å²) in [7, 11) is 0. The van der Waals surface area contributed by atoms with Gasteiger partial charge in [0.1, 0.15) is 0 Å². The number of carbonyl (C=O) groups is 1. The molecule has 2 N–H and O–H groups in total. The van der Waals surface area contributed by atoms with Gasteiger partial charge in [0.15, 0.2) is 0 Å². The van der Waals surface area contributed by atoms with Crippen LogP contribution < -0.4 is 5.73 Å². The molecular formula is C6H9F2NO2. The summed E-state index contributed by atoms with van der Waals surface area (Å²) in [5.41, 5.74) is 3.98. The molecule has 0 radical (unpaired) electrons. The van der Waals surface area contributed by atoms with Gasteiger partial charge in [-0.05, 0) is 6.92 Å². The van der Waals surface area contributed by atoms with Gasteiger partial charge in [0.05, 0.1) is 12.3 Å². The SMILES string of the molecule is CCOC(=O)C=C(N)C(F)F. The zero-order valence-electron chi connectivity index (χ0n) is 6.01. The summed E-state index contributed by atoms with van der Waals surface area (Å²) in [5, 5.41) is 0. The number of allylic oxidation sites excluding steroid dienone is 1. The number of hydrogen-bond donors (Lipinski definition) is 1. The lowest BCUT2D eigenvalue weighted by Gasteiger charge is -1.98. The van der Waals surface area contributed by atoms with Crippen LogP contribution in [0.25, 0.3) is 0 Å². The molecule has 0 rings (SSSR count). The van der Waals surface area contributed by atoms with E-state index in [2.05, 4.69) is 4.74 Å². The van der Waals surface area contributed by atoms with Gasteiger partial charge in [-0.15, -0.1) is 0 Å².